The van der Waals surface area contributed by atoms with Crippen LogP contribution in [-0.4, -0.2) is 29.2 Å². The summed E-state index contributed by atoms with van der Waals surface area (Å²) in [5.41, 5.74) is -0.153. The molecule has 1 heterocycles. The van der Waals surface area contributed by atoms with E-state index in [4.69, 9.17) is 4.74 Å². The average molecular weight is 366 g/mol. The van der Waals surface area contributed by atoms with Gasteiger partial charge in [0.05, 0.1) is 10.7 Å². The predicted molar refractivity (Wildman–Crippen MR) is 93.2 cm³/mol. The smallest absolute Gasteiger partial charge is 0.316 e. The lowest BCUT2D eigenvalue weighted by atomic mass is 10.2. The normalized spacial score (nSPS) is 10.2. The van der Waals surface area contributed by atoms with E-state index >= 15 is 0 Å². The topological polar surface area (TPSA) is 98.5 Å². The lowest BCUT2D eigenvalue weighted by molar-refractivity contribution is -0.383. The Balaban J connectivity index is 1.73. The molecule has 0 fully saturated rings. The van der Waals surface area contributed by atoms with Gasteiger partial charge in [0, 0.05) is 16.7 Å². The molecule has 2 aromatic rings. The molecule has 0 aliphatic heterocycles. The third-order valence-corrected chi connectivity index (χ3v) is 4.80. The number of rotatable bonds is 8. The van der Waals surface area contributed by atoms with Crippen molar-refractivity contribution in [3.05, 3.63) is 56.8 Å². The number of nitrogens with one attached hydrogen (secondary N) is 1. The third kappa shape index (κ3) is 5.67. The standard InChI is InChI=1S/C15H14N2O5S2/c18-14(16-12-5-1-2-6-13(12)17(20)21)8-22-15(19)10-23-9-11-4-3-7-24-11/h1-7H,8-10H2,(H,16,18). The van der Waals surface area contributed by atoms with E-state index in [2.05, 4.69) is 5.32 Å². The SMILES string of the molecule is O=C(COC(=O)CSCc1cccs1)Nc1ccccc1[N+](=O)[O-]. The van der Waals surface area contributed by atoms with E-state index < -0.39 is 23.4 Å². The number of amides is 1. The summed E-state index contributed by atoms with van der Waals surface area (Å²) >= 11 is 3.00. The van der Waals surface area contributed by atoms with Gasteiger partial charge >= 0.3 is 5.97 Å². The molecule has 7 nitrogen and oxygen atoms in total. The number of nitro benzene ring substituents is 1. The number of esters is 1. The molecule has 1 aromatic heterocycles. The van der Waals surface area contributed by atoms with Crippen molar-refractivity contribution in [2.45, 2.75) is 5.75 Å². The zero-order valence-electron chi connectivity index (χ0n) is 12.5. The summed E-state index contributed by atoms with van der Waals surface area (Å²) in [6, 6.07) is 9.67. The van der Waals surface area contributed by atoms with Crippen molar-refractivity contribution in [1.29, 1.82) is 0 Å². The zero-order valence-corrected chi connectivity index (χ0v) is 14.1. The first-order valence-electron chi connectivity index (χ1n) is 6.85. The van der Waals surface area contributed by atoms with Crippen molar-refractivity contribution in [3.8, 4) is 0 Å². The van der Waals surface area contributed by atoms with Crippen LogP contribution in [0.2, 0.25) is 0 Å². The Labute approximate surface area is 146 Å². The monoisotopic (exact) mass is 366 g/mol. The molecule has 0 saturated carbocycles. The Hall–Kier alpha value is -2.39. The number of nitro groups is 1. The van der Waals surface area contributed by atoms with Gasteiger partial charge in [-0.1, -0.05) is 18.2 Å². The van der Waals surface area contributed by atoms with Crippen molar-refractivity contribution in [2.75, 3.05) is 17.7 Å². The van der Waals surface area contributed by atoms with Crippen LogP contribution in [0.15, 0.2) is 41.8 Å². The van der Waals surface area contributed by atoms with E-state index in [1.807, 2.05) is 17.5 Å². The Morgan fingerprint density at radius 2 is 2.04 bits per heavy atom. The number of carbonyl (C=O) groups is 2. The highest BCUT2D eigenvalue weighted by Crippen LogP contribution is 2.23. The second-order valence-corrected chi connectivity index (χ2v) is 6.57. The fraction of sp³-hybridized carbons (Fsp3) is 0.200. The van der Waals surface area contributed by atoms with Crippen LogP contribution in [0.3, 0.4) is 0 Å². The molecule has 0 aliphatic carbocycles. The maximum atomic E-state index is 11.7. The van der Waals surface area contributed by atoms with Crippen LogP contribution in [-0.2, 0) is 20.1 Å². The molecule has 9 heteroatoms. The molecule has 1 aromatic carbocycles. The number of thiophene rings is 1. The van der Waals surface area contributed by atoms with Crippen LogP contribution < -0.4 is 5.32 Å². The molecule has 0 saturated heterocycles. The van der Waals surface area contributed by atoms with E-state index in [0.717, 1.165) is 4.88 Å². The fourth-order valence-corrected chi connectivity index (χ4v) is 3.40. The highest BCUT2D eigenvalue weighted by molar-refractivity contribution is 7.99. The van der Waals surface area contributed by atoms with Crippen molar-refractivity contribution in [1.82, 2.24) is 0 Å². The van der Waals surface area contributed by atoms with Gasteiger partial charge in [0.2, 0.25) is 0 Å². The number of thioether (sulfide) groups is 1. The molecule has 0 radical (unpaired) electrons. The number of nitrogens with zero attached hydrogens (tertiary/aromatic N) is 1. The van der Waals surface area contributed by atoms with Crippen LogP contribution in [0.25, 0.3) is 0 Å². The Bertz CT molecular complexity index is 718. The summed E-state index contributed by atoms with van der Waals surface area (Å²) in [4.78, 5) is 34.7. The molecule has 0 atom stereocenters. The Kier molecular flexibility index (Phi) is 6.76. The number of ether oxygens (including phenoxy) is 1. The van der Waals surface area contributed by atoms with Gasteiger partial charge in [0.1, 0.15) is 5.69 Å². The van der Waals surface area contributed by atoms with Gasteiger partial charge in [0.25, 0.3) is 11.6 Å². The first-order chi connectivity index (χ1) is 11.6. The second-order valence-electron chi connectivity index (χ2n) is 4.56. The van der Waals surface area contributed by atoms with E-state index in [9.17, 15) is 19.7 Å². The lowest BCUT2D eigenvalue weighted by Gasteiger charge is -2.07. The summed E-state index contributed by atoms with van der Waals surface area (Å²) in [6.07, 6.45) is 0. The van der Waals surface area contributed by atoms with Gasteiger partial charge in [-0.05, 0) is 17.5 Å². The summed E-state index contributed by atoms with van der Waals surface area (Å²) in [5, 5.41) is 15.2. The predicted octanol–water partition coefficient (Wildman–Crippen LogP) is 3.07. The molecule has 126 valence electrons. The molecular formula is C15H14N2O5S2. The maximum Gasteiger partial charge on any atom is 0.316 e. The summed E-state index contributed by atoms with van der Waals surface area (Å²) < 4.78 is 4.86. The van der Waals surface area contributed by atoms with Crippen LogP contribution in [0.1, 0.15) is 4.88 Å². The molecule has 1 amide bonds. The molecular weight excluding hydrogens is 352 g/mol. The van der Waals surface area contributed by atoms with E-state index in [0.29, 0.717) is 5.75 Å². The minimum atomic E-state index is -0.624. The summed E-state index contributed by atoms with van der Waals surface area (Å²) in [5.74, 6) is -0.290. The number of para-hydroxylation sites is 2. The summed E-state index contributed by atoms with van der Waals surface area (Å²) in [7, 11) is 0. The van der Waals surface area contributed by atoms with Gasteiger partial charge in [-0.2, -0.15) is 0 Å². The van der Waals surface area contributed by atoms with Crippen molar-refractivity contribution < 1.29 is 19.2 Å². The van der Waals surface area contributed by atoms with Crippen LogP contribution in [0, 0.1) is 10.1 Å². The fourth-order valence-electron chi connectivity index (χ4n) is 1.74. The Morgan fingerprint density at radius 3 is 2.75 bits per heavy atom. The highest BCUT2D eigenvalue weighted by Gasteiger charge is 2.15. The maximum absolute atomic E-state index is 11.7. The molecule has 1 N–H and O–H groups in total. The van der Waals surface area contributed by atoms with Gasteiger partial charge in [-0.15, -0.1) is 23.1 Å². The molecule has 0 aliphatic rings. The summed E-state index contributed by atoms with van der Waals surface area (Å²) in [6.45, 7) is -0.482. The van der Waals surface area contributed by atoms with Crippen molar-refractivity contribution >= 4 is 46.3 Å². The number of hydrogen-bond acceptors (Lipinski definition) is 7. The third-order valence-electron chi connectivity index (χ3n) is 2.78. The van der Waals surface area contributed by atoms with Crippen molar-refractivity contribution in [2.24, 2.45) is 0 Å². The first-order valence-corrected chi connectivity index (χ1v) is 8.88. The molecule has 0 spiro atoms. The van der Waals surface area contributed by atoms with Crippen molar-refractivity contribution in [3.63, 3.8) is 0 Å². The van der Waals surface area contributed by atoms with Gasteiger partial charge in [0.15, 0.2) is 6.61 Å². The van der Waals surface area contributed by atoms with E-state index in [-0.39, 0.29) is 17.1 Å². The van der Waals surface area contributed by atoms with Gasteiger partial charge in [-0.3, -0.25) is 19.7 Å². The Morgan fingerprint density at radius 1 is 1.25 bits per heavy atom. The van der Waals surface area contributed by atoms with E-state index in [1.54, 1.807) is 17.4 Å². The first kappa shape index (κ1) is 18.0. The quantitative estimate of drug-likeness (QED) is 0.438. The molecule has 2 rings (SSSR count). The second kappa shape index (κ2) is 9.04. The zero-order chi connectivity index (χ0) is 17.4. The molecule has 24 heavy (non-hydrogen) atoms. The van der Waals surface area contributed by atoms with Gasteiger partial charge in [-0.25, -0.2) is 0 Å². The van der Waals surface area contributed by atoms with Crippen LogP contribution in [0.4, 0.5) is 11.4 Å². The highest BCUT2D eigenvalue weighted by atomic mass is 32.2. The van der Waals surface area contributed by atoms with Crippen LogP contribution in [0.5, 0.6) is 0 Å². The average Bonchev–Trinajstić information content (AvgIpc) is 3.06. The number of anilines is 1. The lowest BCUT2D eigenvalue weighted by Crippen LogP contribution is -2.22. The molecule has 0 unspecified atom stereocenters. The minimum absolute atomic E-state index is 0.0654. The van der Waals surface area contributed by atoms with Crippen LogP contribution >= 0.6 is 23.1 Å². The number of carbonyl (C=O) groups excluding carboxylic acids is 2. The number of hydrogen-bond donors (Lipinski definition) is 1. The molecule has 0 bridgehead atoms. The van der Waals surface area contributed by atoms with Gasteiger partial charge < -0.3 is 10.1 Å². The number of benzene rings is 1. The minimum Gasteiger partial charge on any atom is -0.455 e. The largest absolute Gasteiger partial charge is 0.455 e. The van der Waals surface area contributed by atoms with E-state index in [1.165, 1.54) is 30.0 Å².